The number of benzene rings is 3. The van der Waals surface area contributed by atoms with Crippen molar-refractivity contribution in [2.24, 2.45) is 5.92 Å². The molecule has 3 aromatic rings. The number of likely N-dealkylation sites (tertiary alicyclic amines) is 2. The Labute approximate surface area is 285 Å². The van der Waals surface area contributed by atoms with Crippen LogP contribution in [0.25, 0.3) is 11.1 Å². The van der Waals surface area contributed by atoms with Crippen molar-refractivity contribution in [3.05, 3.63) is 95.1 Å². The lowest BCUT2D eigenvalue weighted by Gasteiger charge is -2.43. The number of rotatable bonds is 9. The number of ether oxygens (including phenoxy) is 2. The van der Waals surface area contributed by atoms with E-state index in [-0.39, 0.29) is 44.2 Å². The van der Waals surface area contributed by atoms with Crippen LogP contribution in [0.5, 0.6) is 0 Å². The highest BCUT2D eigenvalue weighted by Crippen LogP contribution is 2.42. The number of carbonyl (C=O) groups is 2. The minimum absolute atomic E-state index is 0.0126. The molecule has 49 heavy (non-hydrogen) atoms. The zero-order valence-electron chi connectivity index (χ0n) is 27.7. The van der Waals surface area contributed by atoms with Crippen LogP contribution in [0.1, 0.15) is 73.7 Å². The van der Waals surface area contributed by atoms with Gasteiger partial charge in [0.15, 0.2) is 6.29 Å². The van der Waals surface area contributed by atoms with E-state index in [9.17, 15) is 27.9 Å². The molecule has 2 N–H and O–H groups in total. The Morgan fingerprint density at radius 2 is 1.57 bits per heavy atom. The second-order valence-corrected chi connectivity index (χ2v) is 13.4. The van der Waals surface area contributed by atoms with Crippen LogP contribution in [-0.4, -0.2) is 71.2 Å². The summed E-state index contributed by atoms with van der Waals surface area (Å²) in [6.07, 6.45) is -1.59. The molecular formula is C38H44F3N3O5. The fraction of sp³-hybridized carbons (Fsp3) is 0.474. The molecule has 0 saturated carbocycles. The van der Waals surface area contributed by atoms with E-state index in [0.29, 0.717) is 11.3 Å². The molecule has 3 fully saturated rings. The SMILES string of the molecule is CC1C(CN2CCCCC2)OC(c2ccc(-c3cccc(CNC(=O)C4CCCN4C(=O)C(F)(F)F)c3)cc2)OC1c1ccc(CO)cc1. The number of aliphatic hydroxyl groups is 1. The van der Waals surface area contributed by atoms with Crippen LogP contribution in [0.4, 0.5) is 13.2 Å². The zero-order valence-corrected chi connectivity index (χ0v) is 27.7. The normalized spacial score (nSPS) is 24.9. The number of halogens is 3. The van der Waals surface area contributed by atoms with E-state index in [2.05, 4.69) is 17.1 Å². The standard InChI is InChI=1S/C38H44F3N3O5/c1-25-33(23-43-18-3-2-4-19-43)48-36(49-34(25)29-12-10-26(24-45)11-13-29)30-16-14-28(15-17-30)31-8-5-7-27(21-31)22-42-35(46)32-9-6-20-44(32)37(47)38(39,40)41/h5,7-8,10-17,21,25,32-34,36,45H,2-4,6,9,18-20,22-24H2,1H3,(H,42,46). The number of alkyl halides is 3. The van der Waals surface area contributed by atoms with Crippen LogP contribution in [-0.2, 0) is 32.2 Å². The molecule has 3 aromatic carbocycles. The van der Waals surface area contributed by atoms with Crippen LogP contribution in [0.2, 0.25) is 0 Å². The van der Waals surface area contributed by atoms with Gasteiger partial charge in [0.1, 0.15) is 6.04 Å². The molecule has 5 unspecified atom stereocenters. The summed E-state index contributed by atoms with van der Waals surface area (Å²) in [4.78, 5) is 27.7. The molecule has 0 aromatic heterocycles. The van der Waals surface area contributed by atoms with Crippen molar-refractivity contribution in [3.63, 3.8) is 0 Å². The average Bonchev–Trinajstić information content (AvgIpc) is 3.62. The summed E-state index contributed by atoms with van der Waals surface area (Å²) in [5, 5.41) is 12.3. The number of nitrogens with one attached hydrogen (secondary N) is 1. The maximum absolute atomic E-state index is 13.0. The van der Waals surface area contributed by atoms with Crippen molar-refractivity contribution < 1.29 is 37.3 Å². The fourth-order valence-electron chi connectivity index (χ4n) is 7.17. The third-order valence-corrected chi connectivity index (χ3v) is 9.98. The number of amides is 2. The quantitative estimate of drug-likeness (QED) is 0.276. The van der Waals surface area contributed by atoms with Crippen molar-refractivity contribution in [1.29, 1.82) is 0 Å². The summed E-state index contributed by atoms with van der Waals surface area (Å²) in [6, 6.07) is 22.4. The Bertz CT molecular complexity index is 1580. The average molecular weight is 680 g/mol. The van der Waals surface area contributed by atoms with Gasteiger partial charge in [-0.2, -0.15) is 13.2 Å². The van der Waals surface area contributed by atoms with E-state index in [1.165, 1.54) is 19.3 Å². The summed E-state index contributed by atoms with van der Waals surface area (Å²) in [6.45, 7) is 5.18. The number of carbonyl (C=O) groups excluding carboxylic acids is 2. The van der Waals surface area contributed by atoms with E-state index < -0.39 is 30.3 Å². The molecule has 5 atom stereocenters. The summed E-state index contributed by atoms with van der Waals surface area (Å²) in [7, 11) is 0. The third kappa shape index (κ3) is 8.34. The van der Waals surface area contributed by atoms with Crippen LogP contribution < -0.4 is 5.32 Å². The molecule has 3 aliphatic rings. The molecule has 262 valence electrons. The molecule has 3 saturated heterocycles. The number of piperidine rings is 1. The second-order valence-electron chi connectivity index (χ2n) is 13.4. The lowest BCUT2D eigenvalue weighted by molar-refractivity contribution is -0.276. The van der Waals surface area contributed by atoms with Gasteiger partial charge in [-0.05, 0) is 72.7 Å². The first-order valence-electron chi connectivity index (χ1n) is 17.2. The number of hydrogen-bond acceptors (Lipinski definition) is 6. The van der Waals surface area contributed by atoms with Gasteiger partial charge in [0, 0.05) is 31.1 Å². The smallest absolute Gasteiger partial charge is 0.392 e. The first-order valence-corrected chi connectivity index (χ1v) is 17.2. The van der Waals surface area contributed by atoms with Gasteiger partial charge in [0.05, 0.1) is 18.8 Å². The Hall–Kier alpha value is -3.77. The molecule has 0 spiro atoms. The Kier molecular flexibility index (Phi) is 11.0. The van der Waals surface area contributed by atoms with Gasteiger partial charge < -0.3 is 29.7 Å². The third-order valence-electron chi connectivity index (χ3n) is 9.98. The number of hydrogen-bond donors (Lipinski definition) is 2. The minimum Gasteiger partial charge on any atom is -0.392 e. The number of nitrogens with zero attached hydrogens (tertiary/aromatic N) is 2. The highest BCUT2D eigenvalue weighted by Gasteiger charge is 2.47. The van der Waals surface area contributed by atoms with Crippen LogP contribution >= 0.6 is 0 Å². The Morgan fingerprint density at radius 3 is 2.27 bits per heavy atom. The summed E-state index contributed by atoms with van der Waals surface area (Å²) in [5.74, 6) is -2.45. The molecule has 6 rings (SSSR count). The van der Waals surface area contributed by atoms with Gasteiger partial charge in [0.2, 0.25) is 5.91 Å². The maximum Gasteiger partial charge on any atom is 0.471 e. The van der Waals surface area contributed by atoms with Gasteiger partial charge >= 0.3 is 12.1 Å². The van der Waals surface area contributed by atoms with Crippen molar-refractivity contribution >= 4 is 11.8 Å². The van der Waals surface area contributed by atoms with Crippen molar-refractivity contribution in [3.8, 4) is 11.1 Å². The second kappa shape index (κ2) is 15.4. The molecule has 8 nitrogen and oxygen atoms in total. The lowest BCUT2D eigenvalue weighted by atomic mass is 9.89. The zero-order chi connectivity index (χ0) is 34.5. The summed E-state index contributed by atoms with van der Waals surface area (Å²) < 4.78 is 52.3. The highest BCUT2D eigenvalue weighted by molar-refractivity contribution is 5.90. The first-order chi connectivity index (χ1) is 23.6. The Balaban J connectivity index is 1.14. The predicted octanol–water partition coefficient (Wildman–Crippen LogP) is 6.29. The van der Waals surface area contributed by atoms with Crippen molar-refractivity contribution in [1.82, 2.24) is 15.1 Å². The van der Waals surface area contributed by atoms with E-state index in [0.717, 1.165) is 53.0 Å². The van der Waals surface area contributed by atoms with Crippen LogP contribution in [0.3, 0.4) is 0 Å². The highest BCUT2D eigenvalue weighted by atomic mass is 19.4. The first kappa shape index (κ1) is 35.1. The van der Waals surface area contributed by atoms with Crippen molar-refractivity contribution in [2.75, 3.05) is 26.2 Å². The van der Waals surface area contributed by atoms with E-state index in [1.807, 2.05) is 72.8 Å². The van der Waals surface area contributed by atoms with Crippen LogP contribution in [0.15, 0.2) is 72.8 Å². The topological polar surface area (TPSA) is 91.3 Å². The van der Waals surface area contributed by atoms with Gasteiger partial charge in [0.25, 0.3) is 0 Å². The number of aliphatic hydroxyl groups excluding tert-OH is 1. The van der Waals surface area contributed by atoms with Gasteiger partial charge in [-0.25, -0.2) is 0 Å². The van der Waals surface area contributed by atoms with Crippen LogP contribution in [0, 0.1) is 5.92 Å². The van der Waals surface area contributed by atoms with Crippen molar-refractivity contribution in [2.45, 2.75) is 82.9 Å². The fourth-order valence-corrected chi connectivity index (χ4v) is 7.17. The van der Waals surface area contributed by atoms with Gasteiger partial charge in [-0.3, -0.25) is 9.59 Å². The molecular weight excluding hydrogens is 635 g/mol. The van der Waals surface area contributed by atoms with E-state index in [4.69, 9.17) is 9.47 Å². The minimum atomic E-state index is -5.01. The predicted molar refractivity (Wildman–Crippen MR) is 178 cm³/mol. The Morgan fingerprint density at radius 1 is 0.857 bits per heavy atom. The maximum atomic E-state index is 13.0. The molecule has 0 bridgehead atoms. The molecule has 0 radical (unpaired) electrons. The van der Waals surface area contributed by atoms with Gasteiger partial charge in [-0.15, -0.1) is 0 Å². The van der Waals surface area contributed by atoms with Gasteiger partial charge in [-0.1, -0.05) is 80.1 Å². The molecule has 3 heterocycles. The summed E-state index contributed by atoms with van der Waals surface area (Å²) >= 11 is 0. The molecule has 2 amide bonds. The van der Waals surface area contributed by atoms with E-state index in [1.54, 1.807) is 0 Å². The molecule has 3 aliphatic heterocycles. The molecule has 0 aliphatic carbocycles. The molecule has 11 heteroatoms. The summed E-state index contributed by atoms with van der Waals surface area (Å²) in [5.41, 5.74) is 5.44. The monoisotopic (exact) mass is 679 g/mol. The van der Waals surface area contributed by atoms with E-state index >= 15 is 0 Å². The largest absolute Gasteiger partial charge is 0.471 e. The lowest BCUT2D eigenvalue weighted by Crippen LogP contribution is -2.50.